The van der Waals surface area contributed by atoms with E-state index in [0.29, 0.717) is 40.6 Å². The molecule has 0 spiro atoms. The van der Waals surface area contributed by atoms with Crippen molar-refractivity contribution in [3.8, 4) is 11.8 Å². The zero-order valence-corrected chi connectivity index (χ0v) is 18.7. The Morgan fingerprint density at radius 2 is 1.44 bits per heavy atom. The number of hydrogen-bond donors (Lipinski definition) is 2. The molecule has 4 aromatic heterocycles. The maximum Gasteiger partial charge on any atom is 0.270 e. The Kier molecular flexibility index (Phi) is 8.01. The third kappa shape index (κ3) is 5.42. The molecule has 0 aliphatic carbocycles. The van der Waals surface area contributed by atoms with Gasteiger partial charge in [0.15, 0.2) is 11.3 Å². The Morgan fingerprint density at radius 1 is 0.941 bits per heavy atom. The lowest BCUT2D eigenvalue weighted by molar-refractivity contribution is 0.0812. The number of rotatable bonds is 7. The van der Waals surface area contributed by atoms with Gasteiger partial charge in [-0.25, -0.2) is 9.97 Å². The van der Waals surface area contributed by atoms with E-state index in [2.05, 4.69) is 26.5 Å². The first-order valence-corrected chi connectivity index (χ1v) is 10.1. The lowest BCUT2D eigenvalue weighted by Gasteiger charge is -2.12. The van der Waals surface area contributed by atoms with E-state index >= 15 is 0 Å². The molecule has 0 aliphatic rings. The molecular formula is C22H24N6O6. The second-order valence-corrected chi connectivity index (χ2v) is 6.93. The van der Waals surface area contributed by atoms with Crippen LogP contribution in [-0.4, -0.2) is 66.2 Å². The summed E-state index contributed by atoms with van der Waals surface area (Å²) in [6.07, 6.45) is 3.05. The second kappa shape index (κ2) is 11.1. The Hall–Kier alpha value is -4.16. The van der Waals surface area contributed by atoms with Crippen LogP contribution in [0.1, 0.15) is 0 Å². The average molecular weight is 468 g/mol. The summed E-state index contributed by atoms with van der Waals surface area (Å²) in [5, 5.41) is 18.3. The third-order valence-electron chi connectivity index (χ3n) is 4.66. The van der Waals surface area contributed by atoms with Crippen LogP contribution in [0.4, 0.5) is 0 Å². The summed E-state index contributed by atoms with van der Waals surface area (Å²) in [6, 6.07) is 6.77. The van der Waals surface area contributed by atoms with Crippen molar-refractivity contribution in [3.63, 3.8) is 0 Å². The van der Waals surface area contributed by atoms with Crippen molar-refractivity contribution in [2.45, 2.75) is 19.2 Å². The molecule has 0 amide bonds. The van der Waals surface area contributed by atoms with E-state index in [-0.39, 0.29) is 12.1 Å². The van der Waals surface area contributed by atoms with Crippen LogP contribution in [0.5, 0.6) is 11.8 Å². The van der Waals surface area contributed by atoms with E-state index in [1.807, 2.05) is 0 Å². The van der Waals surface area contributed by atoms with E-state index in [1.54, 1.807) is 30.3 Å². The van der Waals surface area contributed by atoms with Crippen LogP contribution in [-0.2, 0) is 13.1 Å². The first-order chi connectivity index (χ1) is 16.4. The third-order valence-corrected chi connectivity index (χ3v) is 4.66. The zero-order valence-electron chi connectivity index (χ0n) is 18.7. The van der Waals surface area contributed by atoms with Gasteiger partial charge in [0, 0.05) is 18.7 Å². The van der Waals surface area contributed by atoms with Crippen LogP contribution in [0.15, 0.2) is 58.9 Å². The van der Waals surface area contributed by atoms with Crippen molar-refractivity contribution < 1.29 is 19.7 Å². The number of pyridine rings is 2. The van der Waals surface area contributed by atoms with Gasteiger partial charge in [-0.2, -0.15) is 9.97 Å². The van der Waals surface area contributed by atoms with Crippen molar-refractivity contribution in [3.05, 3.63) is 70.0 Å². The lowest BCUT2D eigenvalue weighted by Crippen LogP contribution is -2.29. The number of aliphatic hydroxyl groups excluding tert-OH is 2. The number of aromatic nitrogens is 6. The zero-order chi connectivity index (χ0) is 24.7. The molecule has 12 nitrogen and oxygen atoms in total. The summed E-state index contributed by atoms with van der Waals surface area (Å²) in [7, 11) is 3.00. The number of methoxy groups -OCH3 is 2. The number of fused-ring (bicyclic) bond motifs is 2. The lowest BCUT2D eigenvalue weighted by atomic mass is 10.3. The standard InChI is InChI=1S/C11H13N3O4.C11H11N3O2/c1-18-9-3-2-8-11(13-9)14(5-7(16)6-15)10(17)4-12-8;1-3-6-14-10(15)7-12-8-4-5-9(16-2)13-11(8)14/h2-4,7,15-16H,5-6H2,1H3;3-5,7H,1,6H2,2H3. The highest BCUT2D eigenvalue weighted by Crippen LogP contribution is 2.14. The molecule has 12 heteroatoms. The molecule has 1 unspecified atom stereocenters. The molecular weight excluding hydrogens is 444 g/mol. The van der Waals surface area contributed by atoms with Gasteiger partial charge in [0.05, 0.1) is 45.9 Å². The molecule has 4 aromatic rings. The minimum atomic E-state index is -1.03. The summed E-state index contributed by atoms with van der Waals surface area (Å²) in [5.41, 5.74) is 1.40. The summed E-state index contributed by atoms with van der Waals surface area (Å²) in [4.78, 5) is 39.6. The number of allylic oxidation sites excluding steroid dienone is 1. The molecule has 0 bridgehead atoms. The minimum Gasteiger partial charge on any atom is -0.481 e. The number of hydrogen-bond acceptors (Lipinski definition) is 10. The van der Waals surface area contributed by atoms with E-state index in [0.717, 1.165) is 6.20 Å². The Bertz CT molecular complexity index is 1420. The maximum atomic E-state index is 11.7. The Balaban J connectivity index is 0.000000192. The van der Waals surface area contributed by atoms with Crippen molar-refractivity contribution in [2.24, 2.45) is 0 Å². The van der Waals surface area contributed by atoms with Crippen LogP contribution in [0, 0.1) is 0 Å². The van der Waals surface area contributed by atoms with E-state index in [4.69, 9.17) is 14.6 Å². The predicted octanol–water partition coefficient (Wildman–Crippen LogP) is 0.139. The van der Waals surface area contributed by atoms with E-state index in [1.165, 1.54) is 29.6 Å². The molecule has 0 aliphatic heterocycles. The van der Waals surface area contributed by atoms with Gasteiger partial charge in [-0.3, -0.25) is 18.7 Å². The number of ether oxygens (including phenoxy) is 2. The largest absolute Gasteiger partial charge is 0.481 e. The fourth-order valence-corrected chi connectivity index (χ4v) is 3.02. The second-order valence-electron chi connectivity index (χ2n) is 6.93. The van der Waals surface area contributed by atoms with Gasteiger partial charge >= 0.3 is 0 Å². The highest BCUT2D eigenvalue weighted by atomic mass is 16.5. The van der Waals surface area contributed by atoms with Crippen molar-refractivity contribution in [1.82, 2.24) is 29.1 Å². The van der Waals surface area contributed by atoms with Gasteiger partial charge in [-0.1, -0.05) is 6.08 Å². The minimum absolute atomic E-state index is 0.0471. The van der Waals surface area contributed by atoms with Gasteiger partial charge in [-0.15, -0.1) is 6.58 Å². The fourth-order valence-electron chi connectivity index (χ4n) is 3.02. The number of nitrogens with zero attached hydrogens (tertiary/aromatic N) is 6. The van der Waals surface area contributed by atoms with Crippen molar-refractivity contribution in [1.29, 1.82) is 0 Å². The normalized spacial score (nSPS) is 11.5. The van der Waals surface area contributed by atoms with Gasteiger partial charge in [0.1, 0.15) is 11.0 Å². The molecule has 0 radical (unpaired) electrons. The Morgan fingerprint density at radius 3 is 1.91 bits per heavy atom. The average Bonchev–Trinajstić information content (AvgIpc) is 2.87. The van der Waals surface area contributed by atoms with Crippen LogP contribution >= 0.6 is 0 Å². The van der Waals surface area contributed by atoms with Crippen LogP contribution in [0.2, 0.25) is 0 Å². The van der Waals surface area contributed by atoms with Crippen molar-refractivity contribution >= 4 is 22.3 Å². The van der Waals surface area contributed by atoms with E-state index < -0.39 is 18.3 Å². The van der Waals surface area contributed by atoms with Crippen LogP contribution in [0.25, 0.3) is 22.3 Å². The van der Waals surface area contributed by atoms with Gasteiger partial charge in [0.25, 0.3) is 11.1 Å². The Labute approximate surface area is 193 Å². The summed E-state index contributed by atoms with van der Waals surface area (Å²) in [6.45, 7) is 3.53. The maximum absolute atomic E-state index is 11.7. The number of aliphatic hydroxyl groups is 2. The molecule has 1 atom stereocenters. The van der Waals surface area contributed by atoms with Gasteiger partial charge in [-0.05, 0) is 12.1 Å². The first-order valence-electron chi connectivity index (χ1n) is 10.1. The fraction of sp³-hybridized carbons (Fsp3) is 0.273. The summed E-state index contributed by atoms with van der Waals surface area (Å²) >= 11 is 0. The van der Waals surface area contributed by atoms with Crippen LogP contribution in [0.3, 0.4) is 0 Å². The molecule has 0 aromatic carbocycles. The topological polar surface area (TPSA) is 154 Å². The van der Waals surface area contributed by atoms with Crippen LogP contribution < -0.4 is 20.6 Å². The highest BCUT2D eigenvalue weighted by Gasteiger charge is 2.11. The van der Waals surface area contributed by atoms with Gasteiger partial charge < -0.3 is 19.7 Å². The molecule has 0 saturated heterocycles. The predicted molar refractivity (Wildman–Crippen MR) is 124 cm³/mol. The van der Waals surface area contributed by atoms with Crippen molar-refractivity contribution in [2.75, 3.05) is 20.8 Å². The molecule has 2 N–H and O–H groups in total. The SMILES string of the molecule is C=CCn1c(=O)cnc2ccc(OC)nc21.COc1ccc2ncc(=O)n(CC(O)CO)c2n1. The molecule has 34 heavy (non-hydrogen) atoms. The highest BCUT2D eigenvalue weighted by molar-refractivity contribution is 5.71. The monoisotopic (exact) mass is 468 g/mol. The summed E-state index contributed by atoms with van der Waals surface area (Å²) in [5.74, 6) is 0.805. The molecule has 4 heterocycles. The molecule has 0 saturated carbocycles. The summed E-state index contributed by atoms with van der Waals surface area (Å²) < 4.78 is 12.8. The first kappa shape index (κ1) is 24.5. The molecule has 178 valence electrons. The van der Waals surface area contributed by atoms with E-state index in [9.17, 15) is 14.7 Å². The quantitative estimate of drug-likeness (QED) is 0.358. The molecule has 0 fully saturated rings. The molecule has 4 rings (SSSR count). The van der Waals surface area contributed by atoms with Gasteiger partial charge in [0.2, 0.25) is 11.8 Å². The smallest absolute Gasteiger partial charge is 0.270 e.